The van der Waals surface area contributed by atoms with Crippen LogP contribution in [0.5, 0.6) is 0 Å². The second kappa shape index (κ2) is 8.74. The van der Waals surface area contributed by atoms with E-state index < -0.39 is 0 Å². The van der Waals surface area contributed by atoms with E-state index in [0.29, 0.717) is 17.7 Å². The third-order valence-electron chi connectivity index (χ3n) is 4.05. The summed E-state index contributed by atoms with van der Waals surface area (Å²) in [5, 5.41) is 9.53. The highest BCUT2D eigenvalue weighted by atomic mass is 16.5. The molecule has 1 heterocycles. The number of nitrogens with zero attached hydrogens (tertiary/aromatic N) is 2. The lowest BCUT2D eigenvalue weighted by Crippen LogP contribution is -2.32. The van der Waals surface area contributed by atoms with Crippen LogP contribution in [0, 0.1) is 25.7 Å². The van der Waals surface area contributed by atoms with E-state index in [2.05, 4.69) is 48.4 Å². The normalized spacial score (nSPS) is 11.1. The number of aryl methyl sites for hydroxylation is 1. The predicted molar refractivity (Wildman–Crippen MR) is 107 cm³/mol. The van der Waals surface area contributed by atoms with Crippen molar-refractivity contribution in [2.45, 2.75) is 41.5 Å². The van der Waals surface area contributed by atoms with E-state index in [4.69, 9.17) is 4.52 Å². The molecule has 2 aromatic rings. The predicted octanol–water partition coefficient (Wildman–Crippen LogP) is 5.05. The van der Waals surface area contributed by atoms with E-state index in [1.807, 2.05) is 38.1 Å². The van der Waals surface area contributed by atoms with Gasteiger partial charge in [0.05, 0.1) is 17.1 Å². The van der Waals surface area contributed by atoms with Gasteiger partial charge in [-0.1, -0.05) is 45.0 Å². The molecule has 0 bridgehead atoms. The Hall–Kier alpha value is -2.50. The third-order valence-corrected chi connectivity index (χ3v) is 4.05. The quantitative estimate of drug-likeness (QED) is 0.726. The number of aromatic nitrogens is 1. The number of hydrogen-bond acceptors (Lipinski definition) is 4. The molecule has 26 heavy (non-hydrogen) atoms. The van der Waals surface area contributed by atoms with Gasteiger partial charge in [-0.25, -0.2) is 4.79 Å². The maximum atomic E-state index is 12.4. The van der Waals surface area contributed by atoms with Crippen molar-refractivity contribution in [2.75, 3.05) is 28.6 Å². The Bertz CT molecular complexity index is 727. The Morgan fingerprint density at radius 2 is 1.69 bits per heavy atom. The first-order valence-corrected chi connectivity index (χ1v) is 9.12. The highest BCUT2D eigenvalue weighted by Crippen LogP contribution is 2.28. The monoisotopic (exact) mass is 358 g/mol. The summed E-state index contributed by atoms with van der Waals surface area (Å²) in [4.78, 5) is 14.8. The maximum absolute atomic E-state index is 12.4. The van der Waals surface area contributed by atoms with Crippen molar-refractivity contribution in [1.82, 2.24) is 5.16 Å². The van der Waals surface area contributed by atoms with Gasteiger partial charge in [0, 0.05) is 18.7 Å². The van der Waals surface area contributed by atoms with Gasteiger partial charge < -0.3 is 14.7 Å². The number of nitrogens with one attached hydrogen (secondary N) is 2. The Kier molecular flexibility index (Phi) is 6.66. The number of carbonyl (C=O) groups is 1. The Balaban J connectivity index is 2.18. The van der Waals surface area contributed by atoms with Crippen molar-refractivity contribution < 1.29 is 9.32 Å². The minimum atomic E-state index is -0.342. The van der Waals surface area contributed by atoms with Crippen molar-refractivity contribution in [3.8, 4) is 0 Å². The molecule has 0 saturated heterocycles. The minimum Gasteiger partial charge on any atom is -0.369 e. The van der Waals surface area contributed by atoms with Crippen molar-refractivity contribution >= 4 is 23.3 Å². The summed E-state index contributed by atoms with van der Waals surface area (Å²) >= 11 is 0. The van der Waals surface area contributed by atoms with Gasteiger partial charge in [0.1, 0.15) is 0 Å². The van der Waals surface area contributed by atoms with Crippen LogP contribution in [-0.4, -0.2) is 24.3 Å². The fourth-order valence-electron chi connectivity index (χ4n) is 2.80. The molecule has 6 heteroatoms. The van der Waals surface area contributed by atoms with Gasteiger partial charge in [-0.3, -0.25) is 5.32 Å². The van der Waals surface area contributed by atoms with Gasteiger partial charge in [-0.15, -0.1) is 0 Å². The smallest absolute Gasteiger partial charge is 0.326 e. The molecule has 6 nitrogen and oxygen atoms in total. The lowest BCUT2D eigenvalue weighted by atomic mass is 10.1. The Morgan fingerprint density at radius 3 is 2.23 bits per heavy atom. The zero-order valence-electron chi connectivity index (χ0n) is 16.6. The largest absolute Gasteiger partial charge is 0.369 e. The van der Waals surface area contributed by atoms with Crippen LogP contribution in [0.25, 0.3) is 0 Å². The molecular formula is C20H30N4O2. The highest BCUT2D eigenvalue weighted by molar-refractivity contribution is 6.01. The topological polar surface area (TPSA) is 70.4 Å². The van der Waals surface area contributed by atoms with Gasteiger partial charge in [0.2, 0.25) is 5.88 Å². The van der Waals surface area contributed by atoms with Crippen LogP contribution in [0.15, 0.2) is 28.8 Å². The molecule has 2 rings (SSSR count). The van der Waals surface area contributed by atoms with E-state index >= 15 is 0 Å². The molecule has 1 aromatic carbocycles. The minimum absolute atomic E-state index is 0.342. The van der Waals surface area contributed by atoms with Crippen LogP contribution >= 0.6 is 0 Å². The second-order valence-electron chi connectivity index (χ2n) is 7.51. The van der Waals surface area contributed by atoms with E-state index in [1.165, 1.54) is 0 Å². The molecule has 1 aromatic heterocycles. The molecule has 0 aliphatic carbocycles. The molecule has 0 radical (unpaired) electrons. The number of benzene rings is 1. The summed E-state index contributed by atoms with van der Waals surface area (Å²) in [6, 6.07) is 7.54. The van der Waals surface area contributed by atoms with E-state index in [0.717, 1.165) is 35.7 Å². The van der Waals surface area contributed by atoms with Gasteiger partial charge in [-0.2, -0.15) is 0 Å². The van der Waals surface area contributed by atoms with Crippen LogP contribution in [0.4, 0.5) is 22.1 Å². The SMILES string of the molecule is Cc1noc(NC(=O)Nc2ccccc2N(CC(C)C)CC(C)C)c1C. The number of rotatable bonds is 7. The van der Waals surface area contributed by atoms with Gasteiger partial charge in [0.25, 0.3) is 0 Å². The number of carbonyl (C=O) groups excluding carboxylic acids is 1. The van der Waals surface area contributed by atoms with E-state index in [1.54, 1.807) is 0 Å². The van der Waals surface area contributed by atoms with Crippen molar-refractivity contribution in [3.63, 3.8) is 0 Å². The summed E-state index contributed by atoms with van der Waals surface area (Å²) in [6.45, 7) is 14.4. The third kappa shape index (κ3) is 5.25. The average Bonchev–Trinajstić information content (AvgIpc) is 2.86. The van der Waals surface area contributed by atoms with Crippen LogP contribution in [-0.2, 0) is 0 Å². The average molecular weight is 358 g/mol. The summed E-state index contributed by atoms with van der Waals surface area (Å²) in [7, 11) is 0. The van der Waals surface area contributed by atoms with Crippen molar-refractivity contribution in [2.24, 2.45) is 11.8 Å². The molecule has 0 aliphatic heterocycles. The summed E-state index contributed by atoms with van der Waals surface area (Å²) < 4.78 is 5.15. The van der Waals surface area contributed by atoms with Gasteiger partial charge in [-0.05, 0) is 37.8 Å². The summed E-state index contributed by atoms with van der Waals surface area (Å²) in [6.07, 6.45) is 0. The molecule has 0 aliphatic rings. The standard InChI is InChI=1S/C20H30N4O2/c1-13(2)11-24(12-14(3)4)18-10-8-7-9-17(18)21-20(25)22-19-15(5)16(6)23-26-19/h7-10,13-14H,11-12H2,1-6H3,(H2,21,22,25). The molecule has 0 fully saturated rings. The number of hydrogen-bond donors (Lipinski definition) is 2. The fraction of sp³-hybridized carbons (Fsp3) is 0.500. The van der Waals surface area contributed by atoms with Crippen LogP contribution in [0.1, 0.15) is 39.0 Å². The van der Waals surface area contributed by atoms with Crippen LogP contribution < -0.4 is 15.5 Å². The molecule has 0 spiro atoms. The molecule has 0 saturated carbocycles. The lowest BCUT2D eigenvalue weighted by Gasteiger charge is -2.30. The maximum Gasteiger partial charge on any atom is 0.326 e. The number of amides is 2. The second-order valence-corrected chi connectivity index (χ2v) is 7.51. The van der Waals surface area contributed by atoms with E-state index in [9.17, 15) is 4.79 Å². The van der Waals surface area contributed by atoms with E-state index in [-0.39, 0.29) is 6.03 Å². The molecule has 0 atom stereocenters. The fourth-order valence-corrected chi connectivity index (χ4v) is 2.80. The molecule has 2 N–H and O–H groups in total. The van der Waals surface area contributed by atoms with Gasteiger partial charge in [0.15, 0.2) is 0 Å². The summed E-state index contributed by atoms with van der Waals surface area (Å²) in [5.74, 6) is 1.42. The molecule has 2 amide bonds. The van der Waals surface area contributed by atoms with Crippen molar-refractivity contribution in [3.05, 3.63) is 35.5 Å². The first-order chi connectivity index (χ1) is 12.3. The zero-order chi connectivity index (χ0) is 19.3. The first kappa shape index (κ1) is 19.8. The molecule has 0 unspecified atom stereocenters. The Morgan fingerprint density at radius 1 is 1.08 bits per heavy atom. The highest BCUT2D eigenvalue weighted by Gasteiger charge is 2.17. The molecule has 142 valence electrons. The van der Waals surface area contributed by atoms with Gasteiger partial charge >= 0.3 is 6.03 Å². The first-order valence-electron chi connectivity index (χ1n) is 9.12. The summed E-state index contributed by atoms with van der Waals surface area (Å²) in [5.41, 5.74) is 3.39. The van der Waals surface area contributed by atoms with Crippen LogP contribution in [0.3, 0.4) is 0 Å². The lowest BCUT2D eigenvalue weighted by molar-refractivity contribution is 0.261. The number of urea groups is 1. The Labute approximate surface area is 155 Å². The number of para-hydroxylation sites is 2. The van der Waals surface area contributed by atoms with Crippen molar-refractivity contribution in [1.29, 1.82) is 0 Å². The molecular weight excluding hydrogens is 328 g/mol. The number of anilines is 3. The zero-order valence-corrected chi connectivity index (χ0v) is 16.6. The van der Waals surface area contributed by atoms with Crippen LogP contribution in [0.2, 0.25) is 0 Å².